The first-order valence-corrected chi connectivity index (χ1v) is 9.07. The van der Waals surface area contributed by atoms with Gasteiger partial charge >= 0.3 is 0 Å². The molecule has 1 unspecified atom stereocenters. The van der Waals surface area contributed by atoms with Crippen LogP contribution in [-0.2, 0) is 6.54 Å². The standard InChI is InChI=1S/C19H25FN4O/c1-11-18-15(13(9-22)6-17(25)24(18)14-2-3-14)7-16(20)19(11)23-5-4-12(8-21)10-23/h6-7,12,14H,2-5,8-10,21-22H2,1H3. The average molecular weight is 344 g/mol. The van der Waals surface area contributed by atoms with Gasteiger partial charge in [-0.05, 0) is 55.8 Å². The Hall–Kier alpha value is -1.92. The summed E-state index contributed by atoms with van der Waals surface area (Å²) in [6, 6.07) is 3.36. The monoisotopic (exact) mass is 344 g/mol. The number of nitrogens with two attached hydrogens (primary N) is 2. The highest BCUT2D eigenvalue weighted by Gasteiger charge is 2.30. The minimum absolute atomic E-state index is 0.0302. The quantitative estimate of drug-likeness (QED) is 0.890. The lowest BCUT2D eigenvalue weighted by Crippen LogP contribution is -2.26. The minimum Gasteiger partial charge on any atom is -0.369 e. The molecule has 6 heteroatoms. The summed E-state index contributed by atoms with van der Waals surface area (Å²) in [6.45, 7) is 4.35. The molecule has 1 aliphatic heterocycles. The Morgan fingerprint density at radius 2 is 2.00 bits per heavy atom. The van der Waals surface area contributed by atoms with Crippen LogP contribution in [0.4, 0.5) is 10.1 Å². The van der Waals surface area contributed by atoms with Crippen LogP contribution >= 0.6 is 0 Å². The smallest absolute Gasteiger partial charge is 0.251 e. The summed E-state index contributed by atoms with van der Waals surface area (Å²) in [7, 11) is 0. The molecule has 2 heterocycles. The summed E-state index contributed by atoms with van der Waals surface area (Å²) in [4.78, 5) is 14.7. The Bertz CT molecular complexity index is 887. The van der Waals surface area contributed by atoms with Gasteiger partial charge in [-0.3, -0.25) is 4.79 Å². The number of hydrogen-bond donors (Lipinski definition) is 2. The van der Waals surface area contributed by atoms with E-state index in [1.807, 2.05) is 11.5 Å². The maximum absolute atomic E-state index is 15.0. The number of hydrogen-bond acceptors (Lipinski definition) is 4. The van der Waals surface area contributed by atoms with E-state index in [0.29, 0.717) is 23.7 Å². The number of nitrogens with zero attached hydrogens (tertiary/aromatic N) is 2. The molecule has 2 fully saturated rings. The lowest BCUT2D eigenvalue weighted by molar-refractivity contribution is 0.597. The molecule has 5 nitrogen and oxygen atoms in total. The van der Waals surface area contributed by atoms with Crippen LogP contribution in [0.15, 0.2) is 16.9 Å². The molecule has 4 N–H and O–H groups in total. The SMILES string of the molecule is Cc1c(N2CCC(CN)C2)c(F)cc2c(CN)cc(=O)n(C3CC3)c12. The van der Waals surface area contributed by atoms with Crippen LogP contribution in [-0.4, -0.2) is 24.2 Å². The van der Waals surface area contributed by atoms with Crippen molar-refractivity contribution in [1.82, 2.24) is 4.57 Å². The molecule has 1 aliphatic carbocycles. The predicted octanol–water partition coefficient (Wildman–Crippen LogP) is 2.03. The van der Waals surface area contributed by atoms with Gasteiger partial charge in [0.15, 0.2) is 0 Å². The highest BCUT2D eigenvalue weighted by molar-refractivity contribution is 5.90. The molecule has 0 amide bonds. The van der Waals surface area contributed by atoms with Gasteiger partial charge in [0.2, 0.25) is 0 Å². The zero-order valence-electron chi connectivity index (χ0n) is 14.6. The second-order valence-corrected chi connectivity index (χ2v) is 7.38. The zero-order valence-corrected chi connectivity index (χ0v) is 14.6. The van der Waals surface area contributed by atoms with Crippen molar-refractivity contribution < 1.29 is 4.39 Å². The fraction of sp³-hybridized carbons (Fsp3) is 0.526. The molecule has 1 saturated heterocycles. The molecule has 1 saturated carbocycles. The maximum Gasteiger partial charge on any atom is 0.251 e. The van der Waals surface area contributed by atoms with Gasteiger partial charge in [0.05, 0.1) is 11.2 Å². The summed E-state index contributed by atoms with van der Waals surface area (Å²) in [5.74, 6) is 0.161. The van der Waals surface area contributed by atoms with E-state index in [0.717, 1.165) is 48.8 Å². The molecule has 0 spiro atoms. The van der Waals surface area contributed by atoms with Crippen molar-refractivity contribution in [2.24, 2.45) is 17.4 Å². The predicted molar refractivity (Wildman–Crippen MR) is 98.4 cm³/mol. The van der Waals surface area contributed by atoms with Crippen molar-refractivity contribution in [2.45, 2.75) is 38.8 Å². The third-order valence-electron chi connectivity index (χ3n) is 5.65. The van der Waals surface area contributed by atoms with E-state index in [9.17, 15) is 4.79 Å². The van der Waals surface area contributed by atoms with Gasteiger partial charge in [-0.1, -0.05) is 0 Å². The topological polar surface area (TPSA) is 77.3 Å². The number of halogens is 1. The van der Waals surface area contributed by atoms with Gasteiger partial charge in [-0.25, -0.2) is 4.39 Å². The number of anilines is 1. The summed E-state index contributed by atoms with van der Waals surface area (Å²) in [5.41, 5.74) is 14.6. The molecule has 2 aliphatic rings. The highest BCUT2D eigenvalue weighted by Crippen LogP contribution is 2.40. The Kier molecular flexibility index (Phi) is 4.04. The summed E-state index contributed by atoms with van der Waals surface area (Å²) >= 11 is 0. The first kappa shape index (κ1) is 16.5. The largest absolute Gasteiger partial charge is 0.369 e. The van der Waals surface area contributed by atoms with Gasteiger partial charge in [-0.2, -0.15) is 0 Å². The van der Waals surface area contributed by atoms with Crippen LogP contribution in [0, 0.1) is 18.7 Å². The van der Waals surface area contributed by atoms with E-state index in [4.69, 9.17) is 11.5 Å². The van der Waals surface area contributed by atoms with E-state index < -0.39 is 0 Å². The molecule has 0 radical (unpaired) electrons. The molecule has 134 valence electrons. The van der Waals surface area contributed by atoms with E-state index in [1.165, 1.54) is 0 Å². The number of aromatic nitrogens is 1. The molecule has 1 atom stereocenters. The Labute approximate surface area is 146 Å². The van der Waals surface area contributed by atoms with Crippen molar-refractivity contribution in [3.8, 4) is 0 Å². The van der Waals surface area contributed by atoms with Gasteiger partial charge in [0, 0.05) is 37.1 Å². The third kappa shape index (κ3) is 2.64. The Morgan fingerprint density at radius 3 is 2.60 bits per heavy atom. The van der Waals surface area contributed by atoms with Crippen LogP contribution in [0.1, 0.15) is 36.4 Å². The summed E-state index contributed by atoms with van der Waals surface area (Å²) in [6.07, 6.45) is 2.98. The van der Waals surface area contributed by atoms with Gasteiger partial charge < -0.3 is 20.9 Å². The van der Waals surface area contributed by atoms with Crippen LogP contribution in [0.5, 0.6) is 0 Å². The molecule has 1 aromatic heterocycles. The zero-order chi connectivity index (χ0) is 17.7. The van der Waals surface area contributed by atoms with Crippen LogP contribution < -0.4 is 21.9 Å². The third-order valence-corrected chi connectivity index (χ3v) is 5.65. The summed E-state index contributed by atoms with van der Waals surface area (Å²) in [5, 5.41) is 0.766. The van der Waals surface area contributed by atoms with Crippen LogP contribution in [0.25, 0.3) is 10.9 Å². The lowest BCUT2D eigenvalue weighted by Gasteiger charge is -2.25. The van der Waals surface area contributed by atoms with E-state index in [2.05, 4.69) is 4.90 Å². The first-order valence-electron chi connectivity index (χ1n) is 9.07. The molecule has 2 aromatic rings. The minimum atomic E-state index is -0.238. The highest BCUT2D eigenvalue weighted by atomic mass is 19.1. The molecule has 1 aromatic carbocycles. The molecular weight excluding hydrogens is 319 g/mol. The molecule has 0 bridgehead atoms. The average Bonchev–Trinajstić information content (AvgIpc) is 3.32. The lowest BCUT2D eigenvalue weighted by atomic mass is 10.0. The molecule has 25 heavy (non-hydrogen) atoms. The molecular formula is C19H25FN4O. The number of rotatable bonds is 4. The van der Waals surface area contributed by atoms with Crippen molar-refractivity contribution >= 4 is 16.6 Å². The maximum atomic E-state index is 15.0. The van der Waals surface area contributed by atoms with Crippen molar-refractivity contribution in [3.05, 3.63) is 39.4 Å². The second-order valence-electron chi connectivity index (χ2n) is 7.38. The first-order chi connectivity index (χ1) is 12.0. The number of pyridine rings is 1. The molecule has 4 rings (SSSR count). The van der Waals surface area contributed by atoms with Crippen LogP contribution in [0.2, 0.25) is 0 Å². The van der Waals surface area contributed by atoms with Gasteiger partial charge in [0.1, 0.15) is 5.82 Å². The Balaban J connectivity index is 1.97. The second kappa shape index (κ2) is 6.11. The van der Waals surface area contributed by atoms with E-state index in [-0.39, 0.29) is 24.0 Å². The fourth-order valence-corrected chi connectivity index (χ4v) is 4.20. The van der Waals surface area contributed by atoms with Crippen molar-refractivity contribution in [1.29, 1.82) is 0 Å². The van der Waals surface area contributed by atoms with Gasteiger partial charge in [-0.15, -0.1) is 0 Å². The van der Waals surface area contributed by atoms with E-state index in [1.54, 1.807) is 12.1 Å². The Morgan fingerprint density at radius 1 is 1.24 bits per heavy atom. The number of aryl methyl sites for hydroxylation is 1. The van der Waals surface area contributed by atoms with Crippen LogP contribution in [0.3, 0.4) is 0 Å². The summed E-state index contributed by atoms with van der Waals surface area (Å²) < 4.78 is 16.9. The van der Waals surface area contributed by atoms with E-state index >= 15 is 4.39 Å². The normalized spacial score (nSPS) is 20.6. The van der Waals surface area contributed by atoms with Crippen molar-refractivity contribution in [3.63, 3.8) is 0 Å². The fourth-order valence-electron chi connectivity index (χ4n) is 4.20. The van der Waals surface area contributed by atoms with Gasteiger partial charge in [0.25, 0.3) is 5.56 Å². The van der Waals surface area contributed by atoms with Crippen molar-refractivity contribution in [2.75, 3.05) is 24.5 Å². The number of fused-ring (bicyclic) bond motifs is 1. The number of benzene rings is 1.